The SMILES string of the molecule is CCCCN(C)c1cc(C)nc(Nc2cccc(C)c2)n1. The zero-order chi connectivity index (χ0) is 15.2. The minimum absolute atomic E-state index is 0.652. The molecule has 0 aliphatic heterocycles. The fraction of sp³-hybridized carbons (Fsp3) is 0.412. The van der Waals surface area contributed by atoms with E-state index in [1.54, 1.807) is 0 Å². The number of nitrogens with zero attached hydrogens (tertiary/aromatic N) is 3. The standard InChI is InChI=1S/C17H24N4/c1-5-6-10-21(4)16-12-14(3)18-17(20-16)19-15-9-7-8-13(2)11-15/h7-9,11-12H,5-6,10H2,1-4H3,(H,18,19,20). The lowest BCUT2D eigenvalue weighted by atomic mass is 10.2. The summed E-state index contributed by atoms with van der Waals surface area (Å²) in [6.07, 6.45) is 2.35. The van der Waals surface area contributed by atoms with E-state index in [-0.39, 0.29) is 0 Å². The molecule has 0 radical (unpaired) electrons. The molecular weight excluding hydrogens is 260 g/mol. The number of aromatic nitrogens is 2. The van der Waals surface area contributed by atoms with Gasteiger partial charge in [-0.05, 0) is 38.0 Å². The molecule has 1 heterocycles. The van der Waals surface area contributed by atoms with Gasteiger partial charge in [-0.2, -0.15) is 4.98 Å². The first-order valence-electron chi connectivity index (χ1n) is 7.49. The molecule has 2 rings (SSSR count). The normalized spacial score (nSPS) is 10.5. The second-order valence-electron chi connectivity index (χ2n) is 5.46. The van der Waals surface area contributed by atoms with Gasteiger partial charge in [-0.25, -0.2) is 4.98 Å². The van der Waals surface area contributed by atoms with E-state index in [0.29, 0.717) is 5.95 Å². The van der Waals surface area contributed by atoms with Crippen molar-refractivity contribution in [2.45, 2.75) is 33.6 Å². The van der Waals surface area contributed by atoms with Crippen LogP contribution in [0.3, 0.4) is 0 Å². The lowest BCUT2D eigenvalue weighted by Gasteiger charge is -2.19. The molecule has 1 aromatic heterocycles. The summed E-state index contributed by atoms with van der Waals surface area (Å²) in [5.41, 5.74) is 3.20. The zero-order valence-corrected chi connectivity index (χ0v) is 13.3. The van der Waals surface area contributed by atoms with Crippen molar-refractivity contribution in [1.29, 1.82) is 0 Å². The molecule has 0 bridgehead atoms. The maximum absolute atomic E-state index is 4.62. The Hall–Kier alpha value is -2.10. The van der Waals surface area contributed by atoms with E-state index in [4.69, 9.17) is 0 Å². The Balaban J connectivity index is 2.18. The van der Waals surface area contributed by atoms with Crippen molar-refractivity contribution in [3.05, 3.63) is 41.6 Å². The Kier molecular flexibility index (Phi) is 5.14. The lowest BCUT2D eigenvalue weighted by molar-refractivity contribution is 0.758. The molecule has 1 N–H and O–H groups in total. The first-order valence-corrected chi connectivity index (χ1v) is 7.49. The van der Waals surface area contributed by atoms with Crippen molar-refractivity contribution in [2.24, 2.45) is 0 Å². The maximum Gasteiger partial charge on any atom is 0.229 e. The summed E-state index contributed by atoms with van der Waals surface area (Å²) in [6.45, 7) is 7.28. The van der Waals surface area contributed by atoms with Crippen LogP contribution in [-0.2, 0) is 0 Å². The molecule has 0 fully saturated rings. The van der Waals surface area contributed by atoms with Crippen LogP contribution in [0.5, 0.6) is 0 Å². The Morgan fingerprint density at radius 2 is 1.95 bits per heavy atom. The van der Waals surface area contributed by atoms with Crippen LogP contribution in [0.4, 0.5) is 17.5 Å². The number of hydrogen-bond acceptors (Lipinski definition) is 4. The van der Waals surface area contributed by atoms with Gasteiger partial charge in [-0.15, -0.1) is 0 Å². The monoisotopic (exact) mass is 284 g/mol. The van der Waals surface area contributed by atoms with Crippen molar-refractivity contribution in [3.63, 3.8) is 0 Å². The van der Waals surface area contributed by atoms with Crippen LogP contribution < -0.4 is 10.2 Å². The van der Waals surface area contributed by atoms with Gasteiger partial charge in [0.15, 0.2) is 0 Å². The molecule has 2 aromatic rings. The molecule has 112 valence electrons. The molecule has 21 heavy (non-hydrogen) atoms. The number of unbranched alkanes of at least 4 members (excludes halogenated alkanes) is 1. The van der Waals surface area contributed by atoms with E-state index in [0.717, 1.165) is 23.7 Å². The molecule has 0 spiro atoms. The summed E-state index contributed by atoms with van der Waals surface area (Å²) >= 11 is 0. The fourth-order valence-corrected chi connectivity index (χ4v) is 2.17. The summed E-state index contributed by atoms with van der Waals surface area (Å²) in [6, 6.07) is 10.2. The van der Waals surface area contributed by atoms with E-state index in [2.05, 4.69) is 53.2 Å². The van der Waals surface area contributed by atoms with Gasteiger partial charge in [0.05, 0.1) is 0 Å². The van der Waals surface area contributed by atoms with Gasteiger partial charge in [-0.1, -0.05) is 25.5 Å². The molecule has 0 amide bonds. The second-order valence-corrected chi connectivity index (χ2v) is 5.46. The van der Waals surface area contributed by atoms with E-state index < -0.39 is 0 Å². The predicted octanol–water partition coefficient (Wildman–Crippen LogP) is 4.07. The molecule has 0 unspecified atom stereocenters. The summed E-state index contributed by atoms with van der Waals surface area (Å²) in [5.74, 6) is 1.62. The smallest absolute Gasteiger partial charge is 0.229 e. The highest BCUT2D eigenvalue weighted by Crippen LogP contribution is 2.18. The summed E-state index contributed by atoms with van der Waals surface area (Å²) in [5, 5.41) is 3.29. The average molecular weight is 284 g/mol. The molecule has 4 nitrogen and oxygen atoms in total. The molecule has 0 saturated heterocycles. The highest BCUT2D eigenvalue weighted by atomic mass is 15.2. The quantitative estimate of drug-likeness (QED) is 0.868. The highest BCUT2D eigenvalue weighted by Gasteiger charge is 2.07. The number of benzene rings is 1. The van der Waals surface area contributed by atoms with Crippen LogP contribution in [0.15, 0.2) is 30.3 Å². The van der Waals surface area contributed by atoms with Crippen LogP contribution >= 0.6 is 0 Å². The van der Waals surface area contributed by atoms with Crippen molar-refractivity contribution in [1.82, 2.24) is 9.97 Å². The van der Waals surface area contributed by atoms with Crippen molar-refractivity contribution in [3.8, 4) is 0 Å². The first-order chi connectivity index (χ1) is 10.1. The number of anilines is 3. The lowest BCUT2D eigenvalue weighted by Crippen LogP contribution is -2.20. The highest BCUT2D eigenvalue weighted by molar-refractivity contribution is 5.56. The van der Waals surface area contributed by atoms with Crippen molar-refractivity contribution < 1.29 is 0 Å². The Labute approximate surface area is 127 Å². The van der Waals surface area contributed by atoms with Crippen LogP contribution in [0.2, 0.25) is 0 Å². The van der Waals surface area contributed by atoms with Crippen LogP contribution in [0.25, 0.3) is 0 Å². The fourth-order valence-electron chi connectivity index (χ4n) is 2.17. The predicted molar refractivity (Wildman–Crippen MR) is 89.4 cm³/mol. The molecule has 0 saturated carbocycles. The van der Waals surface area contributed by atoms with E-state index in [1.165, 1.54) is 18.4 Å². The van der Waals surface area contributed by atoms with Gasteiger partial charge in [0.1, 0.15) is 5.82 Å². The minimum atomic E-state index is 0.652. The Morgan fingerprint density at radius 3 is 2.67 bits per heavy atom. The molecule has 0 aliphatic rings. The molecule has 0 atom stereocenters. The number of rotatable bonds is 6. The van der Waals surface area contributed by atoms with E-state index >= 15 is 0 Å². The van der Waals surface area contributed by atoms with Crippen LogP contribution in [0.1, 0.15) is 31.0 Å². The van der Waals surface area contributed by atoms with Crippen molar-refractivity contribution in [2.75, 3.05) is 23.8 Å². The summed E-state index contributed by atoms with van der Waals surface area (Å²) in [4.78, 5) is 11.3. The van der Waals surface area contributed by atoms with Gasteiger partial charge < -0.3 is 10.2 Å². The largest absolute Gasteiger partial charge is 0.360 e. The zero-order valence-electron chi connectivity index (χ0n) is 13.3. The molecular formula is C17H24N4. The minimum Gasteiger partial charge on any atom is -0.360 e. The second kappa shape index (κ2) is 7.07. The topological polar surface area (TPSA) is 41.1 Å². The Bertz CT molecular complexity index is 595. The molecule has 0 aliphatic carbocycles. The average Bonchev–Trinajstić information content (AvgIpc) is 2.44. The summed E-state index contributed by atoms with van der Waals surface area (Å²) in [7, 11) is 2.08. The molecule has 1 aromatic carbocycles. The first kappa shape index (κ1) is 15.3. The van der Waals surface area contributed by atoms with Crippen molar-refractivity contribution >= 4 is 17.5 Å². The third-order valence-electron chi connectivity index (χ3n) is 3.35. The number of hydrogen-bond donors (Lipinski definition) is 1. The summed E-state index contributed by atoms with van der Waals surface area (Å²) < 4.78 is 0. The number of nitrogens with one attached hydrogen (secondary N) is 1. The van der Waals surface area contributed by atoms with Gasteiger partial charge in [0.2, 0.25) is 5.95 Å². The third kappa shape index (κ3) is 4.45. The third-order valence-corrected chi connectivity index (χ3v) is 3.35. The molecule has 4 heteroatoms. The van der Waals surface area contributed by atoms with Gasteiger partial charge in [0, 0.05) is 31.0 Å². The van der Waals surface area contributed by atoms with Gasteiger partial charge >= 0.3 is 0 Å². The van der Waals surface area contributed by atoms with E-state index in [1.807, 2.05) is 25.1 Å². The van der Waals surface area contributed by atoms with Crippen LogP contribution in [-0.4, -0.2) is 23.6 Å². The maximum atomic E-state index is 4.62. The van der Waals surface area contributed by atoms with Gasteiger partial charge in [0.25, 0.3) is 0 Å². The van der Waals surface area contributed by atoms with Gasteiger partial charge in [-0.3, -0.25) is 0 Å². The van der Waals surface area contributed by atoms with Crippen LogP contribution in [0, 0.1) is 13.8 Å². The van der Waals surface area contributed by atoms with E-state index in [9.17, 15) is 0 Å². The number of aryl methyl sites for hydroxylation is 2. The Morgan fingerprint density at radius 1 is 1.14 bits per heavy atom.